The first-order chi connectivity index (χ1) is 10.3. The van der Waals surface area contributed by atoms with E-state index in [9.17, 15) is 0 Å². The first kappa shape index (κ1) is 18.1. The molecular weight excluding hydrogens is 270 g/mol. The van der Waals surface area contributed by atoms with Crippen LogP contribution in [0.3, 0.4) is 0 Å². The van der Waals surface area contributed by atoms with Gasteiger partial charge in [-0.25, -0.2) is 4.98 Å². The van der Waals surface area contributed by atoms with E-state index < -0.39 is 0 Å². The molecule has 2 N–H and O–H groups in total. The van der Waals surface area contributed by atoms with Gasteiger partial charge in [0.15, 0.2) is 0 Å². The van der Waals surface area contributed by atoms with Gasteiger partial charge >= 0.3 is 0 Å². The zero-order valence-electron chi connectivity index (χ0n) is 14.0. The molecule has 0 saturated carbocycles. The van der Waals surface area contributed by atoms with E-state index in [0.717, 1.165) is 31.3 Å². The Bertz CT molecular complexity index is 563. The summed E-state index contributed by atoms with van der Waals surface area (Å²) in [5, 5.41) is 0. The molecule has 118 valence electrons. The highest BCUT2D eigenvalue weighted by molar-refractivity contribution is 5.27. The first-order valence-corrected chi connectivity index (χ1v) is 7.60. The summed E-state index contributed by atoms with van der Waals surface area (Å²) in [5.41, 5.74) is 7.91. The maximum atomic E-state index is 6.64. The molecule has 1 atom stereocenters. The van der Waals surface area contributed by atoms with Crippen LogP contribution in [0.4, 0.5) is 0 Å². The van der Waals surface area contributed by atoms with Gasteiger partial charge in [-0.2, -0.15) is 0 Å². The molecule has 3 nitrogen and oxygen atoms in total. The summed E-state index contributed by atoms with van der Waals surface area (Å²) in [6.07, 6.45) is 10.3. The number of hydrogen-bond donors (Lipinski definition) is 1. The summed E-state index contributed by atoms with van der Waals surface area (Å²) < 4.78 is 0. The third kappa shape index (κ3) is 6.69. The van der Waals surface area contributed by atoms with Gasteiger partial charge in [-0.15, -0.1) is 13.2 Å². The number of allylic oxidation sites excluding steroid dienone is 1. The van der Waals surface area contributed by atoms with Gasteiger partial charge in [0.2, 0.25) is 0 Å². The Morgan fingerprint density at radius 2 is 2.14 bits per heavy atom. The lowest BCUT2D eigenvalue weighted by Crippen LogP contribution is -2.43. The number of hydrogen-bond acceptors (Lipinski definition) is 3. The van der Waals surface area contributed by atoms with Gasteiger partial charge in [0.1, 0.15) is 5.69 Å². The summed E-state index contributed by atoms with van der Waals surface area (Å²) in [4.78, 5) is 8.21. The minimum Gasteiger partial charge on any atom is -0.325 e. The van der Waals surface area contributed by atoms with Crippen LogP contribution in [0.2, 0.25) is 0 Å². The zero-order valence-corrected chi connectivity index (χ0v) is 14.0. The van der Waals surface area contributed by atoms with Crippen molar-refractivity contribution in [1.82, 2.24) is 9.97 Å². The van der Waals surface area contributed by atoms with Crippen molar-refractivity contribution in [3.05, 3.63) is 49.1 Å². The summed E-state index contributed by atoms with van der Waals surface area (Å²) in [7, 11) is 0. The average Bonchev–Trinajstić information content (AvgIpc) is 2.43. The molecule has 0 aliphatic carbocycles. The van der Waals surface area contributed by atoms with E-state index in [2.05, 4.69) is 48.8 Å². The fourth-order valence-electron chi connectivity index (χ4n) is 2.75. The Kier molecular flexibility index (Phi) is 6.52. The van der Waals surface area contributed by atoms with E-state index >= 15 is 0 Å². The van der Waals surface area contributed by atoms with Crippen molar-refractivity contribution in [2.45, 2.75) is 52.0 Å². The first-order valence-electron chi connectivity index (χ1n) is 7.60. The molecule has 0 fully saturated rings. The molecule has 0 aliphatic rings. The van der Waals surface area contributed by atoms with Crippen molar-refractivity contribution in [1.29, 1.82) is 0 Å². The number of nitrogens with two attached hydrogens (primary N) is 1. The second-order valence-electron chi connectivity index (χ2n) is 6.72. The predicted octanol–water partition coefficient (Wildman–Crippen LogP) is 3.87. The van der Waals surface area contributed by atoms with Crippen LogP contribution < -0.4 is 5.73 Å². The quantitative estimate of drug-likeness (QED) is 0.614. The lowest BCUT2D eigenvalue weighted by molar-refractivity contribution is 0.275. The topological polar surface area (TPSA) is 51.8 Å². The normalized spacial score (nSPS) is 13.6. The van der Waals surface area contributed by atoms with Gasteiger partial charge in [0.05, 0.1) is 6.20 Å². The lowest BCUT2D eigenvalue weighted by atomic mass is 9.74. The lowest BCUT2D eigenvalue weighted by Gasteiger charge is -2.35. The standard InChI is InChI=1S/C19H27N3/c1-6-7-9-19(20,13-16(2)3)15-18(4,5)10-8-17-14-21-11-12-22-17/h6,11-12,14H,1-2,7,9,13,15,20H2,3-5H3. The minimum atomic E-state index is -0.305. The van der Waals surface area contributed by atoms with E-state index in [1.807, 2.05) is 13.0 Å². The summed E-state index contributed by atoms with van der Waals surface area (Å²) in [5.74, 6) is 6.39. The molecule has 0 bridgehead atoms. The van der Waals surface area contributed by atoms with Crippen molar-refractivity contribution in [3.8, 4) is 11.8 Å². The molecule has 1 aromatic heterocycles. The number of rotatable bonds is 7. The number of nitrogens with zero attached hydrogens (tertiary/aromatic N) is 2. The molecule has 1 unspecified atom stereocenters. The van der Waals surface area contributed by atoms with Crippen LogP contribution in [0.15, 0.2) is 43.4 Å². The molecule has 0 radical (unpaired) electrons. The van der Waals surface area contributed by atoms with E-state index in [-0.39, 0.29) is 11.0 Å². The van der Waals surface area contributed by atoms with E-state index in [1.54, 1.807) is 18.6 Å². The minimum absolute atomic E-state index is 0.205. The zero-order chi connectivity index (χ0) is 16.6. The third-order valence-electron chi connectivity index (χ3n) is 3.39. The summed E-state index contributed by atoms with van der Waals surface area (Å²) in [6.45, 7) is 14.1. The molecular formula is C19H27N3. The fraction of sp³-hybridized carbons (Fsp3) is 0.474. The van der Waals surface area contributed by atoms with E-state index in [0.29, 0.717) is 5.69 Å². The van der Waals surface area contributed by atoms with E-state index in [1.165, 1.54) is 0 Å². The third-order valence-corrected chi connectivity index (χ3v) is 3.39. The molecule has 1 rings (SSSR count). The molecule has 0 aliphatic heterocycles. The molecule has 1 aromatic rings. The molecule has 0 amide bonds. The maximum Gasteiger partial charge on any atom is 0.131 e. The van der Waals surface area contributed by atoms with Crippen LogP contribution in [0.5, 0.6) is 0 Å². The van der Waals surface area contributed by atoms with Gasteiger partial charge in [0, 0.05) is 23.3 Å². The molecule has 0 spiro atoms. The Hall–Kier alpha value is -1.92. The van der Waals surface area contributed by atoms with Gasteiger partial charge in [-0.1, -0.05) is 17.6 Å². The summed E-state index contributed by atoms with van der Waals surface area (Å²) in [6, 6.07) is 0. The Labute approximate surface area is 134 Å². The maximum absolute atomic E-state index is 6.64. The van der Waals surface area contributed by atoms with Crippen LogP contribution in [-0.4, -0.2) is 15.5 Å². The van der Waals surface area contributed by atoms with Crippen molar-refractivity contribution < 1.29 is 0 Å². The Morgan fingerprint density at radius 3 is 2.68 bits per heavy atom. The monoisotopic (exact) mass is 297 g/mol. The predicted molar refractivity (Wildman–Crippen MR) is 93.1 cm³/mol. The van der Waals surface area contributed by atoms with Gasteiger partial charge < -0.3 is 5.73 Å². The average molecular weight is 297 g/mol. The highest BCUT2D eigenvalue weighted by atomic mass is 14.8. The molecule has 3 heteroatoms. The van der Waals surface area contributed by atoms with Gasteiger partial charge in [-0.3, -0.25) is 4.98 Å². The van der Waals surface area contributed by atoms with Crippen LogP contribution in [-0.2, 0) is 0 Å². The van der Waals surface area contributed by atoms with Gasteiger partial charge in [0.25, 0.3) is 0 Å². The van der Waals surface area contributed by atoms with Crippen LogP contribution >= 0.6 is 0 Å². The van der Waals surface area contributed by atoms with Crippen molar-refractivity contribution in [3.63, 3.8) is 0 Å². The highest BCUT2D eigenvalue weighted by Gasteiger charge is 2.31. The van der Waals surface area contributed by atoms with E-state index in [4.69, 9.17) is 5.73 Å². The highest BCUT2D eigenvalue weighted by Crippen LogP contribution is 2.33. The SMILES string of the molecule is C=CCCC(N)(CC(=C)C)CC(C)(C)C#Cc1cnccn1. The Morgan fingerprint density at radius 1 is 1.41 bits per heavy atom. The van der Waals surface area contributed by atoms with Crippen LogP contribution in [0.25, 0.3) is 0 Å². The molecule has 1 heterocycles. The van der Waals surface area contributed by atoms with Crippen molar-refractivity contribution in [2.75, 3.05) is 0 Å². The second-order valence-corrected chi connectivity index (χ2v) is 6.72. The smallest absolute Gasteiger partial charge is 0.131 e. The van der Waals surface area contributed by atoms with Crippen LogP contribution in [0, 0.1) is 17.3 Å². The van der Waals surface area contributed by atoms with Crippen molar-refractivity contribution >= 4 is 0 Å². The molecule has 0 saturated heterocycles. The Balaban J connectivity index is 2.88. The molecule has 0 aromatic carbocycles. The van der Waals surface area contributed by atoms with Crippen molar-refractivity contribution in [2.24, 2.45) is 11.1 Å². The van der Waals surface area contributed by atoms with Gasteiger partial charge in [-0.05, 0) is 52.4 Å². The second kappa shape index (κ2) is 7.91. The van der Waals surface area contributed by atoms with Crippen LogP contribution in [0.1, 0.15) is 52.1 Å². The molecule has 22 heavy (non-hydrogen) atoms. The number of aromatic nitrogens is 2. The fourth-order valence-corrected chi connectivity index (χ4v) is 2.75. The summed E-state index contributed by atoms with van der Waals surface area (Å²) >= 11 is 0. The largest absolute Gasteiger partial charge is 0.325 e.